The zero-order valence-electron chi connectivity index (χ0n) is 15.3. The van der Waals surface area contributed by atoms with E-state index in [9.17, 15) is 9.59 Å². The quantitative estimate of drug-likeness (QED) is 0.851. The normalized spacial score (nSPS) is 14.3. The van der Waals surface area contributed by atoms with Gasteiger partial charge in [-0.15, -0.1) is 0 Å². The van der Waals surface area contributed by atoms with Gasteiger partial charge in [-0.2, -0.15) is 0 Å². The fourth-order valence-electron chi connectivity index (χ4n) is 2.87. The van der Waals surface area contributed by atoms with Gasteiger partial charge in [0.2, 0.25) is 12.4 Å². The number of hydrogen-bond donors (Lipinski definition) is 1. The molecule has 1 aromatic carbocycles. The molecular weight excluding hydrogens is 330 g/mol. The van der Waals surface area contributed by atoms with Crippen LogP contribution in [-0.4, -0.2) is 58.3 Å². The van der Waals surface area contributed by atoms with Crippen LogP contribution in [0.4, 0.5) is 11.6 Å². The molecule has 0 bridgehead atoms. The monoisotopic (exact) mass is 353 g/mol. The zero-order chi connectivity index (χ0) is 18.7. The molecule has 1 saturated heterocycles. The van der Waals surface area contributed by atoms with E-state index in [4.69, 9.17) is 0 Å². The lowest BCUT2D eigenvalue weighted by Crippen LogP contribution is -2.48. The predicted octanol–water partition coefficient (Wildman–Crippen LogP) is 2.06. The molecular formula is C19H23N5O2. The van der Waals surface area contributed by atoms with Crippen LogP contribution in [0, 0.1) is 20.8 Å². The average Bonchev–Trinajstić information content (AvgIpc) is 2.64. The summed E-state index contributed by atoms with van der Waals surface area (Å²) in [6.45, 7) is 8.07. The van der Waals surface area contributed by atoms with Gasteiger partial charge in [-0.25, -0.2) is 9.97 Å². The summed E-state index contributed by atoms with van der Waals surface area (Å²) >= 11 is 0. The van der Waals surface area contributed by atoms with Crippen molar-refractivity contribution in [1.82, 2.24) is 19.8 Å². The Kier molecular flexibility index (Phi) is 5.16. The van der Waals surface area contributed by atoms with Crippen molar-refractivity contribution >= 4 is 24.0 Å². The summed E-state index contributed by atoms with van der Waals surface area (Å²) in [5, 5.41) is 3.18. The van der Waals surface area contributed by atoms with E-state index >= 15 is 0 Å². The van der Waals surface area contributed by atoms with E-state index in [2.05, 4.69) is 22.2 Å². The molecule has 7 nitrogen and oxygen atoms in total. The van der Waals surface area contributed by atoms with E-state index in [0.29, 0.717) is 37.8 Å². The van der Waals surface area contributed by atoms with Crippen molar-refractivity contribution in [3.8, 4) is 0 Å². The second kappa shape index (κ2) is 7.51. The van der Waals surface area contributed by atoms with E-state index in [1.807, 2.05) is 32.0 Å². The molecule has 0 atom stereocenters. The van der Waals surface area contributed by atoms with Gasteiger partial charge >= 0.3 is 0 Å². The minimum Gasteiger partial charge on any atom is -0.342 e. The Morgan fingerprint density at radius 1 is 1.04 bits per heavy atom. The molecule has 2 amide bonds. The minimum absolute atomic E-state index is 0.135. The second-order valence-corrected chi connectivity index (χ2v) is 6.58. The summed E-state index contributed by atoms with van der Waals surface area (Å²) in [5.74, 6) is 0.271. The summed E-state index contributed by atoms with van der Waals surface area (Å²) in [6.07, 6.45) is 0.822. The van der Waals surface area contributed by atoms with Crippen molar-refractivity contribution in [2.75, 3.05) is 31.5 Å². The van der Waals surface area contributed by atoms with Crippen LogP contribution >= 0.6 is 0 Å². The molecule has 1 aromatic heterocycles. The molecule has 2 heterocycles. The largest absolute Gasteiger partial charge is 0.342 e. The fraction of sp³-hybridized carbons (Fsp3) is 0.368. The standard InChI is InChI=1S/C19H23N5O2/c1-13-4-5-16(10-14(13)2)21-19-20-15(3)11-17(22-19)18(26)24-8-6-23(12-25)7-9-24/h4-5,10-12H,6-9H2,1-3H3,(H,20,21,22). The van der Waals surface area contributed by atoms with Crippen LogP contribution in [0.5, 0.6) is 0 Å². The van der Waals surface area contributed by atoms with E-state index in [0.717, 1.165) is 17.8 Å². The van der Waals surface area contributed by atoms with Crippen LogP contribution in [0.25, 0.3) is 0 Å². The van der Waals surface area contributed by atoms with E-state index in [1.54, 1.807) is 15.9 Å². The van der Waals surface area contributed by atoms with E-state index in [-0.39, 0.29) is 5.91 Å². The SMILES string of the molecule is Cc1cc(C(=O)N2CCN(C=O)CC2)nc(Nc2ccc(C)c(C)c2)n1. The van der Waals surface area contributed by atoms with Gasteiger partial charge in [-0.1, -0.05) is 6.07 Å². The molecule has 1 aliphatic rings. The Morgan fingerprint density at radius 3 is 2.42 bits per heavy atom. The number of carbonyl (C=O) groups is 2. The van der Waals surface area contributed by atoms with Crippen LogP contribution in [-0.2, 0) is 4.79 Å². The van der Waals surface area contributed by atoms with Crippen molar-refractivity contribution in [2.24, 2.45) is 0 Å². The fourth-order valence-corrected chi connectivity index (χ4v) is 2.87. The molecule has 136 valence electrons. The number of aryl methyl sites for hydroxylation is 3. The Hall–Kier alpha value is -2.96. The summed E-state index contributed by atoms with van der Waals surface area (Å²) < 4.78 is 0. The van der Waals surface area contributed by atoms with Crippen molar-refractivity contribution in [3.05, 3.63) is 46.8 Å². The van der Waals surface area contributed by atoms with Crippen molar-refractivity contribution < 1.29 is 9.59 Å². The number of piperazine rings is 1. The third kappa shape index (κ3) is 3.99. The average molecular weight is 353 g/mol. The lowest BCUT2D eigenvalue weighted by molar-refractivity contribution is -0.119. The van der Waals surface area contributed by atoms with Gasteiger partial charge in [-0.3, -0.25) is 9.59 Å². The summed E-state index contributed by atoms with van der Waals surface area (Å²) in [5.41, 5.74) is 4.36. The number of nitrogens with zero attached hydrogens (tertiary/aromatic N) is 4. The summed E-state index contributed by atoms with van der Waals surface area (Å²) in [7, 11) is 0. The Morgan fingerprint density at radius 2 is 1.77 bits per heavy atom. The number of nitrogens with one attached hydrogen (secondary N) is 1. The Bertz CT molecular complexity index is 829. The Balaban J connectivity index is 1.77. The highest BCUT2D eigenvalue weighted by molar-refractivity contribution is 5.93. The maximum absolute atomic E-state index is 12.8. The molecule has 1 N–H and O–H groups in total. The maximum Gasteiger partial charge on any atom is 0.272 e. The number of aromatic nitrogens is 2. The van der Waals surface area contributed by atoms with Crippen LogP contribution in [0.3, 0.4) is 0 Å². The van der Waals surface area contributed by atoms with Crippen molar-refractivity contribution in [2.45, 2.75) is 20.8 Å². The molecule has 0 unspecified atom stereocenters. The van der Waals surface area contributed by atoms with Crippen molar-refractivity contribution in [1.29, 1.82) is 0 Å². The van der Waals surface area contributed by atoms with Gasteiger partial charge in [0.15, 0.2) is 0 Å². The molecule has 0 aliphatic carbocycles. The molecule has 3 rings (SSSR count). The lowest BCUT2D eigenvalue weighted by Gasteiger charge is -2.32. The molecule has 1 aliphatic heterocycles. The molecule has 7 heteroatoms. The number of carbonyl (C=O) groups excluding carboxylic acids is 2. The van der Waals surface area contributed by atoms with Gasteiger partial charge in [0.25, 0.3) is 5.91 Å². The van der Waals surface area contributed by atoms with Crippen LogP contribution in [0.15, 0.2) is 24.3 Å². The smallest absolute Gasteiger partial charge is 0.272 e. The first-order chi connectivity index (χ1) is 12.5. The van der Waals surface area contributed by atoms with Crippen LogP contribution in [0.1, 0.15) is 27.3 Å². The van der Waals surface area contributed by atoms with Crippen molar-refractivity contribution in [3.63, 3.8) is 0 Å². The molecule has 0 saturated carbocycles. The molecule has 0 radical (unpaired) electrons. The highest BCUT2D eigenvalue weighted by atomic mass is 16.2. The molecule has 2 aromatic rings. The number of amides is 2. The van der Waals surface area contributed by atoms with E-state index < -0.39 is 0 Å². The van der Waals surface area contributed by atoms with Gasteiger partial charge < -0.3 is 15.1 Å². The first kappa shape index (κ1) is 17.8. The highest BCUT2D eigenvalue weighted by Gasteiger charge is 2.23. The molecule has 1 fully saturated rings. The maximum atomic E-state index is 12.8. The highest BCUT2D eigenvalue weighted by Crippen LogP contribution is 2.18. The second-order valence-electron chi connectivity index (χ2n) is 6.58. The molecule has 26 heavy (non-hydrogen) atoms. The van der Waals surface area contributed by atoms with Gasteiger partial charge in [0.1, 0.15) is 5.69 Å². The van der Waals surface area contributed by atoms with Crippen LogP contribution in [0.2, 0.25) is 0 Å². The third-order valence-corrected chi connectivity index (χ3v) is 4.59. The summed E-state index contributed by atoms with van der Waals surface area (Å²) in [4.78, 5) is 35.7. The number of anilines is 2. The first-order valence-electron chi connectivity index (χ1n) is 8.65. The summed E-state index contributed by atoms with van der Waals surface area (Å²) in [6, 6.07) is 7.72. The van der Waals surface area contributed by atoms with Crippen LogP contribution < -0.4 is 5.32 Å². The number of hydrogen-bond acceptors (Lipinski definition) is 5. The van der Waals surface area contributed by atoms with Gasteiger partial charge in [-0.05, 0) is 50.1 Å². The predicted molar refractivity (Wildman–Crippen MR) is 99.5 cm³/mol. The van der Waals surface area contributed by atoms with E-state index in [1.165, 1.54) is 11.1 Å². The zero-order valence-corrected chi connectivity index (χ0v) is 15.3. The van der Waals surface area contributed by atoms with Gasteiger partial charge in [0.05, 0.1) is 0 Å². The number of benzene rings is 1. The number of rotatable bonds is 4. The van der Waals surface area contributed by atoms with Gasteiger partial charge in [0, 0.05) is 37.6 Å². The molecule has 0 spiro atoms. The Labute approximate surface area is 153 Å². The minimum atomic E-state index is -0.135. The topological polar surface area (TPSA) is 78.4 Å². The third-order valence-electron chi connectivity index (χ3n) is 4.59. The first-order valence-corrected chi connectivity index (χ1v) is 8.65. The lowest BCUT2D eigenvalue weighted by atomic mass is 10.1.